The standard InChI is InChI=1S/C9H13NO/c1-3-10-9-5-4-8(11)6-7(9)2/h3,6,11H,4-5H2,1-2H3. The average molecular weight is 151 g/mol. The summed E-state index contributed by atoms with van der Waals surface area (Å²) in [6, 6.07) is 0. The quantitative estimate of drug-likeness (QED) is 0.574. The Bertz CT molecular complexity index is 236. The van der Waals surface area contributed by atoms with Gasteiger partial charge in [0.2, 0.25) is 0 Å². The zero-order chi connectivity index (χ0) is 8.27. The normalized spacial score (nSPS) is 19.3. The Balaban J connectivity index is 2.86. The Kier molecular flexibility index (Phi) is 2.47. The molecule has 0 aliphatic heterocycles. The molecule has 0 radical (unpaired) electrons. The van der Waals surface area contributed by atoms with Gasteiger partial charge in [0, 0.05) is 18.3 Å². The molecule has 0 unspecified atom stereocenters. The molecular formula is C9H13NO. The van der Waals surface area contributed by atoms with E-state index in [1.165, 1.54) is 0 Å². The van der Waals surface area contributed by atoms with Crippen molar-refractivity contribution in [3.05, 3.63) is 23.1 Å². The second kappa shape index (κ2) is 3.37. The van der Waals surface area contributed by atoms with Gasteiger partial charge in [-0.3, -0.25) is 4.99 Å². The molecule has 1 aliphatic rings. The third kappa shape index (κ3) is 1.93. The fraction of sp³-hybridized carbons (Fsp3) is 0.444. The van der Waals surface area contributed by atoms with Crippen LogP contribution in [-0.4, -0.2) is 11.3 Å². The summed E-state index contributed by atoms with van der Waals surface area (Å²) in [5.74, 6) is 0.470. The minimum atomic E-state index is 0.470. The Morgan fingerprint density at radius 2 is 2.27 bits per heavy atom. The number of aliphatic hydroxyl groups excluding tert-OH is 1. The molecule has 1 aliphatic carbocycles. The number of aliphatic imine (C=N–C) groups is 1. The van der Waals surface area contributed by atoms with Crippen LogP contribution in [0.5, 0.6) is 0 Å². The van der Waals surface area contributed by atoms with Crippen molar-refractivity contribution in [3.8, 4) is 0 Å². The van der Waals surface area contributed by atoms with Gasteiger partial charge in [-0.1, -0.05) is 0 Å². The molecule has 0 spiro atoms. The highest BCUT2D eigenvalue weighted by molar-refractivity contribution is 5.56. The molecule has 11 heavy (non-hydrogen) atoms. The summed E-state index contributed by atoms with van der Waals surface area (Å²) in [5, 5.41) is 9.14. The third-order valence-corrected chi connectivity index (χ3v) is 1.74. The lowest BCUT2D eigenvalue weighted by Crippen LogP contribution is -1.95. The maximum atomic E-state index is 9.14. The van der Waals surface area contributed by atoms with Crippen LogP contribution >= 0.6 is 0 Å². The maximum Gasteiger partial charge on any atom is 0.0929 e. The monoisotopic (exact) mass is 151 g/mol. The molecule has 2 nitrogen and oxygen atoms in total. The zero-order valence-corrected chi connectivity index (χ0v) is 6.96. The highest BCUT2D eigenvalue weighted by Gasteiger charge is 2.07. The fourth-order valence-electron chi connectivity index (χ4n) is 1.17. The van der Waals surface area contributed by atoms with Gasteiger partial charge in [0.15, 0.2) is 0 Å². The fourth-order valence-corrected chi connectivity index (χ4v) is 1.17. The van der Waals surface area contributed by atoms with Gasteiger partial charge >= 0.3 is 0 Å². The van der Waals surface area contributed by atoms with E-state index in [0.717, 1.165) is 24.1 Å². The lowest BCUT2D eigenvalue weighted by Gasteiger charge is -2.10. The van der Waals surface area contributed by atoms with E-state index in [-0.39, 0.29) is 0 Å². The number of aliphatic hydroxyl groups is 1. The van der Waals surface area contributed by atoms with E-state index in [1.807, 2.05) is 13.8 Å². The molecule has 0 bridgehead atoms. The average Bonchev–Trinajstić information content (AvgIpc) is 1.95. The number of hydrogen-bond donors (Lipinski definition) is 1. The second-order valence-electron chi connectivity index (χ2n) is 2.65. The highest BCUT2D eigenvalue weighted by Crippen LogP contribution is 2.22. The van der Waals surface area contributed by atoms with Gasteiger partial charge in [-0.15, -0.1) is 0 Å². The second-order valence-corrected chi connectivity index (χ2v) is 2.65. The molecule has 0 aromatic heterocycles. The minimum absolute atomic E-state index is 0.470. The number of rotatable bonds is 1. The molecule has 1 rings (SSSR count). The van der Waals surface area contributed by atoms with Crippen LogP contribution in [0.25, 0.3) is 0 Å². The van der Waals surface area contributed by atoms with Gasteiger partial charge < -0.3 is 5.11 Å². The Hall–Kier alpha value is -1.05. The van der Waals surface area contributed by atoms with Crippen LogP contribution in [0.15, 0.2) is 28.1 Å². The smallest absolute Gasteiger partial charge is 0.0929 e. The summed E-state index contributed by atoms with van der Waals surface area (Å²) in [7, 11) is 0. The van der Waals surface area contributed by atoms with Crippen LogP contribution in [0.4, 0.5) is 0 Å². The summed E-state index contributed by atoms with van der Waals surface area (Å²) >= 11 is 0. The van der Waals surface area contributed by atoms with Gasteiger partial charge in [0.1, 0.15) is 0 Å². The number of hydrogen-bond acceptors (Lipinski definition) is 2. The molecule has 2 heteroatoms. The minimum Gasteiger partial charge on any atom is -0.512 e. The van der Waals surface area contributed by atoms with Crippen molar-refractivity contribution < 1.29 is 5.11 Å². The lowest BCUT2D eigenvalue weighted by atomic mass is 10.0. The summed E-state index contributed by atoms with van der Waals surface area (Å²) < 4.78 is 0. The van der Waals surface area contributed by atoms with E-state index >= 15 is 0 Å². The summed E-state index contributed by atoms with van der Waals surface area (Å²) in [6.07, 6.45) is 5.16. The van der Waals surface area contributed by atoms with Gasteiger partial charge in [-0.25, -0.2) is 0 Å². The van der Waals surface area contributed by atoms with Gasteiger partial charge in [-0.05, 0) is 31.9 Å². The molecule has 0 aromatic carbocycles. The first-order valence-corrected chi connectivity index (χ1v) is 3.82. The van der Waals surface area contributed by atoms with Gasteiger partial charge in [-0.2, -0.15) is 0 Å². The number of nitrogens with zero attached hydrogens (tertiary/aromatic N) is 1. The first kappa shape index (κ1) is 8.05. The van der Waals surface area contributed by atoms with Gasteiger partial charge in [0.25, 0.3) is 0 Å². The van der Waals surface area contributed by atoms with Crippen molar-refractivity contribution in [2.45, 2.75) is 26.7 Å². The number of allylic oxidation sites excluding steroid dienone is 4. The van der Waals surface area contributed by atoms with Crippen molar-refractivity contribution in [3.63, 3.8) is 0 Å². The molecule has 0 saturated carbocycles. The van der Waals surface area contributed by atoms with Crippen molar-refractivity contribution in [2.75, 3.05) is 0 Å². The molecule has 0 amide bonds. The largest absolute Gasteiger partial charge is 0.512 e. The lowest BCUT2D eigenvalue weighted by molar-refractivity contribution is 0.384. The molecule has 0 aromatic rings. The first-order chi connectivity index (χ1) is 5.24. The Morgan fingerprint density at radius 3 is 2.82 bits per heavy atom. The van der Waals surface area contributed by atoms with Crippen LogP contribution in [-0.2, 0) is 0 Å². The first-order valence-electron chi connectivity index (χ1n) is 3.82. The molecule has 60 valence electrons. The predicted molar refractivity (Wildman–Crippen MR) is 46.8 cm³/mol. The Morgan fingerprint density at radius 1 is 1.55 bits per heavy atom. The highest BCUT2D eigenvalue weighted by atomic mass is 16.3. The van der Waals surface area contributed by atoms with Crippen molar-refractivity contribution in [1.29, 1.82) is 0 Å². The molecule has 0 fully saturated rings. The third-order valence-electron chi connectivity index (χ3n) is 1.74. The Labute approximate surface area is 67.0 Å². The summed E-state index contributed by atoms with van der Waals surface area (Å²) in [6.45, 7) is 3.87. The van der Waals surface area contributed by atoms with E-state index in [2.05, 4.69) is 4.99 Å². The van der Waals surface area contributed by atoms with Crippen LogP contribution in [0, 0.1) is 0 Å². The van der Waals surface area contributed by atoms with Crippen LogP contribution in [0.2, 0.25) is 0 Å². The zero-order valence-electron chi connectivity index (χ0n) is 6.96. The predicted octanol–water partition coefficient (Wildman–Crippen LogP) is 2.59. The van der Waals surface area contributed by atoms with E-state index in [4.69, 9.17) is 5.11 Å². The summed E-state index contributed by atoms with van der Waals surface area (Å²) in [4.78, 5) is 4.20. The van der Waals surface area contributed by atoms with Crippen molar-refractivity contribution in [1.82, 2.24) is 0 Å². The molecular weight excluding hydrogens is 138 g/mol. The van der Waals surface area contributed by atoms with Gasteiger partial charge in [0.05, 0.1) is 5.76 Å². The van der Waals surface area contributed by atoms with E-state index < -0.39 is 0 Å². The van der Waals surface area contributed by atoms with E-state index in [1.54, 1.807) is 12.3 Å². The van der Waals surface area contributed by atoms with Crippen LogP contribution < -0.4 is 0 Å². The van der Waals surface area contributed by atoms with Crippen molar-refractivity contribution in [2.24, 2.45) is 4.99 Å². The summed E-state index contributed by atoms with van der Waals surface area (Å²) in [5.41, 5.74) is 2.16. The van der Waals surface area contributed by atoms with Crippen LogP contribution in [0.1, 0.15) is 26.7 Å². The van der Waals surface area contributed by atoms with Crippen LogP contribution in [0.3, 0.4) is 0 Å². The topological polar surface area (TPSA) is 32.6 Å². The molecule has 0 heterocycles. The molecule has 1 N–H and O–H groups in total. The van der Waals surface area contributed by atoms with Crippen molar-refractivity contribution >= 4 is 6.21 Å². The van der Waals surface area contributed by atoms with E-state index in [0.29, 0.717) is 5.76 Å². The van der Waals surface area contributed by atoms with E-state index in [9.17, 15) is 0 Å². The SMILES string of the molecule is CC=NC1=C(C)C=C(O)CC1. The molecule has 0 saturated heterocycles. The maximum absolute atomic E-state index is 9.14. The molecule has 0 atom stereocenters.